The van der Waals surface area contributed by atoms with Crippen molar-refractivity contribution in [1.29, 1.82) is 0 Å². The Kier molecular flexibility index (Phi) is 5.15. The first kappa shape index (κ1) is 19.0. The van der Waals surface area contributed by atoms with Crippen molar-refractivity contribution < 1.29 is 0 Å². The Morgan fingerprint density at radius 1 is 0.903 bits per heavy atom. The molecule has 31 heavy (non-hydrogen) atoms. The molecule has 1 N–H and O–H groups in total. The van der Waals surface area contributed by atoms with E-state index in [1.807, 2.05) is 10.8 Å². The van der Waals surface area contributed by atoms with Gasteiger partial charge in [-0.25, -0.2) is 15.0 Å². The van der Waals surface area contributed by atoms with Gasteiger partial charge in [0.25, 0.3) is 0 Å². The molecular formula is C26H23N5. The highest BCUT2D eigenvalue weighted by Gasteiger charge is 2.12. The minimum atomic E-state index is 0.700. The number of aromatic nitrogens is 4. The van der Waals surface area contributed by atoms with Gasteiger partial charge in [-0.2, -0.15) is 0 Å². The fourth-order valence-corrected chi connectivity index (χ4v) is 3.87. The molecule has 0 aliphatic rings. The molecule has 0 amide bonds. The summed E-state index contributed by atoms with van der Waals surface area (Å²) in [6.45, 7) is 2.85. The number of benzene rings is 3. The lowest BCUT2D eigenvalue weighted by Crippen LogP contribution is -2.07. The van der Waals surface area contributed by atoms with E-state index in [0.717, 1.165) is 34.7 Å². The number of imidazole rings is 1. The van der Waals surface area contributed by atoms with Gasteiger partial charge >= 0.3 is 0 Å². The standard InChI is InChI=1S/C26H23N5/c1-2-24-25(22-10-9-20-5-3-4-6-21(20)15-22)29-17-30-26(24)28-16-19-7-11-23(12-8-19)31-14-13-27-18-31/h3-15,17-18H,2,16H2,1H3,(H,28,29,30). The summed E-state index contributed by atoms with van der Waals surface area (Å²) >= 11 is 0. The summed E-state index contributed by atoms with van der Waals surface area (Å²) in [6.07, 6.45) is 8.02. The maximum Gasteiger partial charge on any atom is 0.133 e. The lowest BCUT2D eigenvalue weighted by Gasteiger charge is -2.14. The Balaban J connectivity index is 1.39. The summed E-state index contributed by atoms with van der Waals surface area (Å²) in [4.78, 5) is 13.3. The molecular weight excluding hydrogens is 382 g/mol. The van der Waals surface area contributed by atoms with E-state index in [9.17, 15) is 0 Å². The maximum absolute atomic E-state index is 4.62. The zero-order valence-corrected chi connectivity index (χ0v) is 17.4. The number of hydrogen-bond acceptors (Lipinski definition) is 4. The third kappa shape index (κ3) is 3.90. The van der Waals surface area contributed by atoms with Crippen LogP contribution in [0, 0.1) is 0 Å². The topological polar surface area (TPSA) is 55.6 Å². The highest BCUT2D eigenvalue weighted by molar-refractivity contribution is 5.87. The highest BCUT2D eigenvalue weighted by atomic mass is 15.0. The van der Waals surface area contributed by atoms with Crippen LogP contribution in [0.4, 0.5) is 5.82 Å². The molecule has 0 bridgehead atoms. The van der Waals surface area contributed by atoms with Crippen LogP contribution in [0.25, 0.3) is 27.7 Å². The van der Waals surface area contributed by atoms with Gasteiger partial charge in [-0.15, -0.1) is 0 Å². The first-order valence-electron chi connectivity index (χ1n) is 10.5. The molecule has 0 unspecified atom stereocenters. The summed E-state index contributed by atoms with van der Waals surface area (Å²) in [6, 6.07) is 23.3. The fraction of sp³-hybridized carbons (Fsp3) is 0.115. The summed E-state index contributed by atoms with van der Waals surface area (Å²) in [5.74, 6) is 0.888. The minimum absolute atomic E-state index is 0.700. The van der Waals surface area contributed by atoms with Crippen LogP contribution in [-0.4, -0.2) is 19.5 Å². The molecule has 2 heterocycles. The van der Waals surface area contributed by atoms with Crippen LogP contribution in [0.3, 0.4) is 0 Å². The van der Waals surface area contributed by atoms with Gasteiger partial charge in [0.05, 0.1) is 12.0 Å². The molecule has 5 rings (SSSR count). The Labute approximate surface area is 181 Å². The van der Waals surface area contributed by atoms with Crippen molar-refractivity contribution in [3.63, 3.8) is 0 Å². The van der Waals surface area contributed by atoms with Crippen LogP contribution in [0.5, 0.6) is 0 Å². The quantitative estimate of drug-likeness (QED) is 0.396. The summed E-state index contributed by atoms with van der Waals surface area (Å²) in [5.41, 5.74) is 5.52. The van der Waals surface area contributed by atoms with Crippen LogP contribution in [0.15, 0.2) is 91.8 Å². The number of fused-ring (bicyclic) bond motifs is 1. The second-order valence-corrected chi connectivity index (χ2v) is 7.45. The summed E-state index contributed by atoms with van der Waals surface area (Å²) in [7, 11) is 0. The molecule has 152 valence electrons. The molecule has 5 nitrogen and oxygen atoms in total. The predicted octanol–water partition coefficient (Wildman–Crippen LogP) is 5.66. The molecule has 0 atom stereocenters. The van der Waals surface area contributed by atoms with Gasteiger partial charge in [-0.05, 0) is 41.0 Å². The number of hydrogen-bond donors (Lipinski definition) is 1. The van der Waals surface area contributed by atoms with E-state index in [1.165, 1.54) is 16.3 Å². The average Bonchev–Trinajstić information content (AvgIpc) is 3.37. The predicted molar refractivity (Wildman–Crippen MR) is 125 cm³/mol. The van der Waals surface area contributed by atoms with Crippen LogP contribution >= 0.6 is 0 Å². The molecule has 0 saturated carbocycles. The van der Waals surface area contributed by atoms with Crippen molar-refractivity contribution in [2.75, 3.05) is 5.32 Å². The second-order valence-electron chi connectivity index (χ2n) is 7.45. The van der Waals surface area contributed by atoms with Gasteiger partial charge in [0.15, 0.2) is 0 Å². The first-order chi connectivity index (χ1) is 15.3. The lowest BCUT2D eigenvalue weighted by molar-refractivity contribution is 1.01. The van der Waals surface area contributed by atoms with Crippen LogP contribution in [-0.2, 0) is 13.0 Å². The van der Waals surface area contributed by atoms with Crippen LogP contribution < -0.4 is 5.32 Å². The van der Waals surface area contributed by atoms with E-state index in [4.69, 9.17) is 0 Å². The summed E-state index contributed by atoms with van der Waals surface area (Å²) in [5, 5.41) is 5.96. The number of anilines is 1. The molecule has 2 aromatic heterocycles. The monoisotopic (exact) mass is 405 g/mol. The van der Waals surface area contributed by atoms with Gasteiger partial charge in [-0.3, -0.25) is 0 Å². The van der Waals surface area contributed by atoms with Gasteiger partial charge in [0.2, 0.25) is 0 Å². The molecule has 5 heteroatoms. The molecule has 0 fully saturated rings. The minimum Gasteiger partial charge on any atom is -0.366 e. The molecule has 3 aromatic carbocycles. The van der Waals surface area contributed by atoms with Crippen LogP contribution in [0.1, 0.15) is 18.1 Å². The average molecular weight is 406 g/mol. The van der Waals surface area contributed by atoms with Gasteiger partial charge in [0.1, 0.15) is 12.1 Å². The van der Waals surface area contributed by atoms with Crippen LogP contribution in [0.2, 0.25) is 0 Å². The van der Waals surface area contributed by atoms with Gasteiger partial charge < -0.3 is 9.88 Å². The molecule has 0 saturated heterocycles. The molecule has 5 aromatic rings. The Hall–Kier alpha value is -3.99. The van der Waals surface area contributed by atoms with Crippen molar-refractivity contribution >= 4 is 16.6 Å². The van der Waals surface area contributed by atoms with Crippen molar-refractivity contribution in [2.45, 2.75) is 19.9 Å². The Morgan fingerprint density at radius 3 is 2.52 bits per heavy atom. The van der Waals surface area contributed by atoms with Crippen molar-refractivity contribution in [1.82, 2.24) is 19.5 Å². The molecule has 0 radical (unpaired) electrons. The van der Waals surface area contributed by atoms with Crippen molar-refractivity contribution in [2.24, 2.45) is 0 Å². The third-order valence-corrected chi connectivity index (χ3v) is 5.52. The number of nitrogens with one attached hydrogen (secondary N) is 1. The van der Waals surface area contributed by atoms with E-state index in [1.54, 1.807) is 18.9 Å². The Morgan fingerprint density at radius 2 is 1.74 bits per heavy atom. The lowest BCUT2D eigenvalue weighted by atomic mass is 10.0. The van der Waals surface area contributed by atoms with E-state index < -0.39 is 0 Å². The highest BCUT2D eigenvalue weighted by Crippen LogP contribution is 2.29. The molecule has 0 aliphatic heterocycles. The SMILES string of the molecule is CCc1c(NCc2ccc(-n3ccnc3)cc2)ncnc1-c1ccc2ccccc2c1. The van der Waals surface area contributed by atoms with E-state index in [0.29, 0.717) is 6.54 Å². The smallest absolute Gasteiger partial charge is 0.133 e. The van der Waals surface area contributed by atoms with Gasteiger partial charge in [-0.1, -0.05) is 55.5 Å². The zero-order chi connectivity index (χ0) is 21.0. The summed E-state index contributed by atoms with van der Waals surface area (Å²) < 4.78 is 1.99. The van der Waals surface area contributed by atoms with Crippen molar-refractivity contribution in [3.05, 3.63) is 103 Å². The first-order valence-corrected chi connectivity index (χ1v) is 10.5. The molecule has 0 aliphatic carbocycles. The van der Waals surface area contributed by atoms with E-state index in [2.05, 4.69) is 93.9 Å². The largest absolute Gasteiger partial charge is 0.366 e. The fourth-order valence-electron chi connectivity index (χ4n) is 3.87. The maximum atomic E-state index is 4.62. The van der Waals surface area contributed by atoms with Crippen molar-refractivity contribution in [3.8, 4) is 16.9 Å². The molecule has 0 spiro atoms. The number of nitrogens with zero attached hydrogens (tertiary/aromatic N) is 4. The van der Waals surface area contributed by atoms with E-state index >= 15 is 0 Å². The Bertz CT molecular complexity index is 1310. The normalized spacial score (nSPS) is 11.0. The zero-order valence-electron chi connectivity index (χ0n) is 17.4. The van der Waals surface area contributed by atoms with Gasteiger partial charge in [0, 0.05) is 35.8 Å². The van der Waals surface area contributed by atoms with E-state index in [-0.39, 0.29) is 0 Å². The number of rotatable bonds is 6. The second kappa shape index (κ2) is 8.40. The third-order valence-electron chi connectivity index (χ3n) is 5.52.